The summed E-state index contributed by atoms with van der Waals surface area (Å²) in [6.07, 6.45) is 0. The summed E-state index contributed by atoms with van der Waals surface area (Å²) in [5, 5.41) is 13.6. The van der Waals surface area contributed by atoms with Crippen LogP contribution < -0.4 is 10.1 Å². The van der Waals surface area contributed by atoms with Crippen LogP contribution in [-0.4, -0.2) is 12.0 Å². The van der Waals surface area contributed by atoms with E-state index in [0.717, 1.165) is 12.1 Å². The van der Waals surface area contributed by atoms with E-state index in [9.17, 15) is 18.9 Å². The smallest absolute Gasteiger partial charge is 0.311 e. The van der Waals surface area contributed by atoms with Crippen LogP contribution in [0.5, 0.6) is 11.5 Å². The van der Waals surface area contributed by atoms with Crippen LogP contribution in [0.25, 0.3) is 0 Å². The molecule has 0 saturated carbocycles. The van der Waals surface area contributed by atoms with Crippen molar-refractivity contribution in [2.24, 2.45) is 0 Å². The summed E-state index contributed by atoms with van der Waals surface area (Å²) in [4.78, 5) is 10.2. The number of para-hydroxylation sites is 2. The second kappa shape index (κ2) is 6.27. The van der Waals surface area contributed by atoms with Crippen LogP contribution in [0.1, 0.15) is 5.56 Å². The van der Waals surface area contributed by atoms with E-state index in [4.69, 9.17) is 4.74 Å². The summed E-state index contributed by atoms with van der Waals surface area (Å²) in [5.74, 6) is -2.72. The van der Waals surface area contributed by atoms with Crippen molar-refractivity contribution in [1.29, 1.82) is 0 Å². The van der Waals surface area contributed by atoms with Crippen molar-refractivity contribution < 1.29 is 18.4 Å². The molecular formula is C14H12F2N2O3. The Hall–Kier alpha value is -2.54. The maximum atomic E-state index is 13.9. The molecule has 2 rings (SSSR count). The van der Waals surface area contributed by atoms with Gasteiger partial charge in [0, 0.05) is 12.6 Å². The zero-order chi connectivity index (χ0) is 15.4. The Labute approximate surface area is 119 Å². The van der Waals surface area contributed by atoms with E-state index < -0.39 is 22.3 Å². The van der Waals surface area contributed by atoms with Crippen molar-refractivity contribution in [2.45, 2.75) is 6.54 Å². The van der Waals surface area contributed by atoms with E-state index in [1.807, 2.05) is 0 Å². The van der Waals surface area contributed by atoms with E-state index in [0.29, 0.717) is 12.1 Å². The lowest BCUT2D eigenvalue weighted by Gasteiger charge is -2.10. The summed E-state index contributed by atoms with van der Waals surface area (Å²) in [6.45, 7) is 0.291. The van der Waals surface area contributed by atoms with Gasteiger partial charge in [0.15, 0.2) is 17.4 Å². The fraction of sp³-hybridized carbons (Fsp3) is 0.143. The number of benzene rings is 2. The first kappa shape index (κ1) is 14.9. The molecule has 2 aromatic rings. The van der Waals surface area contributed by atoms with Crippen LogP contribution in [0, 0.1) is 21.7 Å². The molecule has 0 fully saturated rings. The summed E-state index contributed by atoms with van der Waals surface area (Å²) in [6, 6.07) is 7.62. The molecule has 1 N–H and O–H groups in total. The third-order valence-electron chi connectivity index (χ3n) is 2.71. The fourth-order valence-electron chi connectivity index (χ4n) is 1.82. The maximum absolute atomic E-state index is 13.9. The minimum absolute atomic E-state index is 0.221. The van der Waals surface area contributed by atoms with Crippen LogP contribution in [-0.2, 0) is 6.54 Å². The van der Waals surface area contributed by atoms with Crippen molar-refractivity contribution in [2.75, 3.05) is 7.05 Å². The Kier molecular flexibility index (Phi) is 4.44. The highest BCUT2D eigenvalue weighted by Crippen LogP contribution is 2.34. The second-order valence-electron chi connectivity index (χ2n) is 4.25. The van der Waals surface area contributed by atoms with Crippen LogP contribution in [0.3, 0.4) is 0 Å². The normalized spacial score (nSPS) is 10.4. The summed E-state index contributed by atoms with van der Waals surface area (Å²) in [5.41, 5.74) is 0.0398. The number of hydrogen-bond donors (Lipinski definition) is 1. The number of nitro benzene ring substituents is 1. The van der Waals surface area contributed by atoms with Gasteiger partial charge in [-0.2, -0.15) is 0 Å². The average Bonchev–Trinajstić information content (AvgIpc) is 2.43. The van der Waals surface area contributed by atoms with Crippen LogP contribution in [0.2, 0.25) is 0 Å². The molecule has 0 aromatic heterocycles. The first-order chi connectivity index (χ1) is 10.0. The molecule has 0 spiro atoms. The highest BCUT2D eigenvalue weighted by atomic mass is 19.1. The molecule has 0 radical (unpaired) electrons. The third-order valence-corrected chi connectivity index (χ3v) is 2.71. The molecule has 0 amide bonds. The predicted octanol–water partition coefficient (Wildman–Crippen LogP) is 3.38. The first-order valence-corrected chi connectivity index (χ1v) is 6.06. The van der Waals surface area contributed by atoms with Crippen molar-refractivity contribution >= 4 is 5.69 Å². The third kappa shape index (κ3) is 3.32. The van der Waals surface area contributed by atoms with Crippen molar-refractivity contribution in [3.8, 4) is 11.5 Å². The molecular weight excluding hydrogens is 282 g/mol. The Bertz CT molecular complexity index is 654. The fourth-order valence-corrected chi connectivity index (χ4v) is 1.82. The summed E-state index contributed by atoms with van der Waals surface area (Å²) in [7, 11) is 1.65. The van der Waals surface area contributed by atoms with Gasteiger partial charge in [-0.1, -0.05) is 12.1 Å². The number of halogens is 2. The highest BCUT2D eigenvalue weighted by molar-refractivity contribution is 5.48. The van der Waals surface area contributed by atoms with Gasteiger partial charge in [0.1, 0.15) is 0 Å². The van der Waals surface area contributed by atoms with E-state index in [1.54, 1.807) is 7.05 Å². The molecule has 0 aliphatic heterocycles. The van der Waals surface area contributed by atoms with Gasteiger partial charge in [-0.25, -0.2) is 8.78 Å². The van der Waals surface area contributed by atoms with Gasteiger partial charge >= 0.3 is 5.69 Å². The van der Waals surface area contributed by atoms with E-state index in [1.165, 1.54) is 24.3 Å². The van der Waals surface area contributed by atoms with Gasteiger partial charge in [0.05, 0.1) is 4.92 Å². The van der Waals surface area contributed by atoms with Crippen LogP contribution in [0.4, 0.5) is 14.5 Å². The Morgan fingerprint density at radius 1 is 1.24 bits per heavy atom. The molecule has 0 aliphatic carbocycles. The first-order valence-electron chi connectivity index (χ1n) is 6.06. The zero-order valence-corrected chi connectivity index (χ0v) is 11.1. The van der Waals surface area contributed by atoms with Crippen molar-refractivity contribution in [1.82, 2.24) is 5.32 Å². The second-order valence-corrected chi connectivity index (χ2v) is 4.25. The maximum Gasteiger partial charge on any atom is 0.311 e. The number of nitrogens with zero attached hydrogens (tertiary/aromatic N) is 1. The van der Waals surface area contributed by atoms with Gasteiger partial charge in [-0.3, -0.25) is 10.1 Å². The Morgan fingerprint density at radius 3 is 2.43 bits per heavy atom. The molecule has 0 unspecified atom stereocenters. The highest BCUT2D eigenvalue weighted by Gasteiger charge is 2.19. The number of nitrogens with one attached hydrogen (secondary N) is 1. The molecule has 0 atom stereocenters. The van der Waals surface area contributed by atoms with Crippen LogP contribution >= 0.6 is 0 Å². The standard InChI is InChI=1S/C14H12F2N2O3/c1-17-8-9-6-10(15)14(11(16)7-9)21-13-5-3-2-4-12(13)18(19)20/h2-7,17H,8H2,1H3. The van der Waals surface area contributed by atoms with Gasteiger partial charge in [0.2, 0.25) is 5.75 Å². The predicted molar refractivity (Wildman–Crippen MR) is 72.3 cm³/mol. The van der Waals surface area contributed by atoms with Crippen molar-refractivity contribution in [3.63, 3.8) is 0 Å². The van der Waals surface area contributed by atoms with Crippen LogP contribution in [0.15, 0.2) is 36.4 Å². The minimum Gasteiger partial charge on any atom is -0.444 e. The molecule has 0 heterocycles. The Morgan fingerprint density at radius 2 is 1.86 bits per heavy atom. The summed E-state index contributed by atoms with van der Waals surface area (Å²) >= 11 is 0. The largest absolute Gasteiger partial charge is 0.444 e. The molecule has 0 bridgehead atoms. The number of hydrogen-bond acceptors (Lipinski definition) is 4. The van der Waals surface area contributed by atoms with Gasteiger partial charge in [-0.15, -0.1) is 0 Å². The molecule has 5 nitrogen and oxygen atoms in total. The lowest BCUT2D eigenvalue weighted by atomic mass is 10.2. The number of nitro groups is 1. The molecule has 2 aromatic carbocycles. The molecule has 21 heavy (non-hydrogen) atoms. The molecule has 0 saturated heterocycles. The molecule has 110 valence electrons. The SMILES string of the molecule is CNCc1cc(F)c(Oc2ccccc2[N+](=O)[O-])c(F)c1. The Balaban J connectivity index is 2.38. The minimum atomic E-state index is -0.918. The molecule has 0 aliphatic rings. The number of rotatable bonds is 5. The monoisotopic (exact) mass is 294 g/mol. The average molecular weight is 294 g/mol. The van der Waals surface area contributed by atoms with Gasteiger partial charge < -0.3 is 10.1 Å². The summed E-state index contributed by atoms with van der Waals surface area (Å²) < 4.78 is 32.8. The quantitative estimate of drug-likeness (QED) is 0.678. The van der Waals surface area contributed by atoms with E-state index >= 15 is 0 Å². The van der Waals surface area contributed by atoms with Gasteiger partial charge in [0.25, 0.3) is 0 Å². The van der Waals surface area contributed by atoms with Gasteiger partial charge in [-0.05, 0) is 30.8 Å². The lowest BCUT2D eigenvalue weighted by molar-refractivity contribution is -0.385. The van der Waals surface area contributed by atoms with E-state index in [-0.39, 0.29) is 11.4 Å². The van der Waals surface area contributed by atoms with Crippen molar-refractivity contribution in [3.05, 3.63) is 63.7 Å². The zero-order valence-electron chi connectivity index (χ0n) is 11.1. The molecule has 7 heteroatoms. The topological polar surface area (TPSA) is 64.4 Å². The number of ether oxygens (including phenoxy) is 1. The van der Waals surface area contributed by atoms with E-state index in [2.05, 4.69) is 5.32 Å². The lowest BCUT2D eigenvalue weighted by Crippen LogP contribution is -2.06.